The van der Waals surface area contributed by atoms with E-state index in [0.717, 1.165) is 30.2 Å². The summed E-state index contributed by atoms with van der Waals surface area (Å²) in [6.07, 6.45) is 2.70. The molecule has 1 aliphatic heterocycles. The number of halogens is 1. The predicted octanol–water partition coefficient (Wildman–Crippen LogP) is 3.11. The smallest absolute Gasteiger partial charge is 0.248 e. The fourth-order valence-corrected chi connectivity index (χ4v) is 5.10. The summed E-state index contributed by atoms with van der Waals surface area (Å²) in [6, 6.07) is 12.2. The van der Waals surface area contributed by atoms with Crippen molar-refractivity contribution in [3.63, 3.8) is 0 Å². The normalized spacial score (nSPS) is 22.1. The molecule has 0 unspecified atom stereocenters. The lowest BCUT2D eigenvalue weighted by Gasteiger charge is -2.34. The number of fused-ring (bicyclic) bond motifs is 3. The maximum absolute atomic E-state index is 13.4. The fourth-order valence-electron chi connectivity index (χ4n) is 4.94. The second-order valence-corrected chi connectivity index (χ2v) is 8.38. The van der Waals surface area contributed by atoms with Gasteiger partial charge >= 0.3 is 0 Å². The minimum Gasteiger partial charge on any atom is -0.479 e. The van der Waals surface area contributed by atoms with Crippen LogP contribution in [0, 0.1) is 5.92 Å². The predicted molar refractivity (Wildman–Crippen MR) is 116 cm³/mol. The number of amides is 2. The van der Waals surface area contributed by atoms with E-state index in [4.69, 9.17) is 16.3 Å². The summed E-state index contributed by atoms with van der Waals surface area (Å²) >= 11 is 5.94. The first-order chi connectivity index (χ1) is 15.0. The van der Waals surface area contributed by atoms with Crippen LogP contribution in [0.15, 0.2) is 42.5 Å². The lowest BCUT2D eigenvalue weighted by molar-refractivity contribution is -0.141. The molecule has 31 heavy (non-hydrogen) atoms. The van der Waals surface area contributed by atoms with Crippen molar-refractivity contribution in [1.29, 1.82) is 0 Å². The third-order valence-corrected chi connectivity index (χ3v) is 6.42. The highest BCUT2D eigenvalue weighted by atomic mass is 35.5. The molecule has 2 fully saturated rings. The van der Waals surface area contributed by atoms with Crippen LogP contribution in [0.4, 0.5) is 5.82 Å². The number of carbonyl (C=O) groups excluding carboxylic acids is 2. The van der Waals surface area contributed by atoms with E-state index in [9.17, 15) is 9.59 Å². The maximum Gasteiger partial charge on any atom is 0.248 e. The molecule has 3 aromatic rings. The van der Waals surface area contributed by atoms with Crippen LogP contribution in [-0.4, -0.2) is 50.7 Å². The molecule has 1 saturated carbocycles. The van der Waals surface area contributed by atoms with Crippen molar-refractivity contribution in [2.75, 3.05) is 12.4 Å². The number of para-hydroxylation sites is 1. The molecule has 1 aromatic carbocycles. The molecule has 5 rings (SSSR count). The fraction of sp³-hybridized carbons (Fsp3) is 0.364. The highest BCUT2D eigenvalue weighted by Gasteiger charge is 2.51. The van der Waals surface area contributed by atoms with E-state index in [1.165, 1.54) is 0 Å². The summed E-state index contributed by atoms with van der Waals surface area (Å²) in [4.78, 5) is 32.4. The first-order valence-electron chi connectivity index (χ1n) is 10.3. The third kappa shape index (κ3) is 3.50. The monoisotopic (exact) mass is 439 g/mol. The van der Waals surface area contributed by atoms with E-state index in [0.29, 0.717) is 16.9 Å². The lowest BCUT2D eigenvalue weighted by atomic mass is 9.97. The summed E-state index contributed by atoms with van der Waals surface area (Å²) in [5.74, 6) is 0.667. The zero-order valence-electron chi connectivity index (χ0n) is 17.0. The van der Waals surface area contributed by atoms with Crippen molar-refractivity contribution < 1.29 is 14.3 Å². The zero-order valence-corrected chi connectivity index (χ0v) is 17.7. The Balaban J connectivity index is 1.39. The van der Waals surface area contributed by atoms with E-state index in [1.54, 1.807) is 34.9 Å². The number of nitrogens with one attached hydrogen (secondary N) is 1. The Bertz CT molecular complexity index is 1160. The number of hydrogen-bond donors (Lipinski definition) is 1. The van der Waals surface area contributed by atoms with Crippen molar-refractivity contribution in [2.45, 2.75) is 37.9 Å². The van der Waals surface area contributed by atoms with Gasteiger partial charge in [-0.1, -0.05) is 29.8 Å². The van der Waals surface area contributed by atoms with Crippen molar-refractivity contribution in [1.82, 2.24) is 19.7 Å². The first-order valence-corrected chi connectivity index (χ1v) is 10.7. The van der Waals surface area contributed by atoms with Gasteiger partial charge in [0.1, 0.15) is 23.6 Å². The number of benzene rings is 1. The molecular formula is C22H22ClN5O3. The number of anilines is 1. The van der Waals surface area contributed by atoms with Gasteiger partial charge in [0.2, 0.25) is 17.7 Å². The van der Waals surface area contributed by atoms with E-state index in [2.05, 4.69) is 15.4 Å². The van der Waals surface area contributed by atoms with Crippen LogP contribution in [0.3, 0.4) is 0 Å². The summed E-state index contributed by atoms with van der Waals surface area (Å²) in [5.41, 5.74) is 0.821. The van der Waals surface area contributed by atoms with Gasteiger partial charge in [-0.3, -0.25) is 14.3 Å². The Morgan fingerprint density at radius 2 is 2.03 bits per heavy atom. The average molecular weight is 440 g/mol. The number of pyridine rings is 1. The third-order valence-electron chi connectivity index (χ3n) is 6.21. The van der Waals surface area contributed by atoms with Crippen molar-refractivity contribution >= 4 is 40.1 Å². The van der Waals surface area contributed by atoms with Gasteiger partial charge in [0.25, 0.3) is 0 Å². The van der Waals surface area contributed by atoms with Crippen LogP contribution in [0.5, 0.6) is 5.88 Å². The number of carbonyl (C=O) groups is 2. The number of rotatable bonds is 5. The molecule has 9 heteroatoms. The van der Waals surface area contributed by atoms with Gasteiger partial charge in [-0.2, -0.15) is 0 Å². The number of piperidine rings is 1. The number of hydrogen-bond acceptors (Lipinski definition) is 5. The molecule has 160 valence electrons. The number of likely N-dealkylation sites (tertiary alicyclic amines) is 1. The Morgan fingerprint density at radius 3 is 2.84 bits per heavy atom. The van der Waals surface area contributed by atoms with Crippen LogP contribution in [0.25, 0.3) is 10.9 Å². The quantitative estimate of drug-likeness (QED) is 0.617. The number of ether oxygens (including phenoxy) is 1. The van der Waals surface area contributed by atoms with E-state index in [-0.39, 0.29) is 30.3 Å². The highest BCUT2D eigenvalue weighted by Crippen LogP contribution is 2.43. The van der Waals surface area contributed by atoms with Gasteiger partial charge in [-0.15, -0.1) is 5.10 Å². The molecule has 1 saturated heterocycles. The second-order valence-electron chi connectivity index (χ2n) is 7.99. The van der Waals surface area contributed by atoms with Gasteiger partial charge in [-0.05, 0) is 49.4 Å². The Hall–Kier alpha value is -3.13. The van der Waals surface area contributed by atoms with Crippen molar-refractivity contribution in [3.8, 4) is 5.88 Å². The van der Waals surface area contributed by atoms with Crippen LogP contribution in [-0.2, 0) is 16.1 Å². The molecule has 2 bridgehead atoms. The SMILES string of the molecule is COc1nn(CC(=O)N2[C@@H]3CC[C@@H](C3)[C@H]2C(=O)Nc2cccc(Cl)n2)c2ccccc12. The number of aromatic nitrogens is 3. The van der Waals surface area contributed by atoms with Crippen LogP contribution in [0.2, 0.25) is 5.15 Å². The van der Waals surface area contributed by atoms with E-state index in [1.807, 2.05) is 24.3 Å². The van der Waals surface area contributed by atoms with Crippen LogP contribution < -0.4 is 10.1 Å². The molecule has 0 radical (unpaired) electrons. The summed E-state index contributed by atoms with van der Waals surface area (Å²) < 4.78 is 7.01. The molecule has 0 spiro atoms. The number of methoxy groups -OCH3 is 1. The molecule has 2 amide bonds. The van der Waals surface area contributed by atoms with Crippen molar-refractivity contribution in [2.24, 2.45) is 5.92 Å². The van der Waals surface area contributed by atoms with Gasteiger partial charge in [0.15, 0.2) is 0 Å². The van der Waals surface area contributed by atoms with Crippen LogP contribution >= 0.6 is 11.6 Å². The second kappa shape index (κ2) is 7.85. The average Bonchev–Trinajstić information content (AvgIpc) is 3.47. The molecular weight excluding hydrogens is 418 g/mol. The first kappa shape index (κ1) is 19.8. The van der Waals surface area contributed by atoms with E-state index >= 15 is 0 Å². The van der Waals surface area contributed by atoms with E-state index < -0.39 is 6.04 Å². The van der Waals surface area contributed by atoms with Gasteiger partial charge in [0.05, 0.1) is 18.0 Å². The summed E-state index contributed by atoms with van der Waals surface area (Å²) in [7, 11) is 1.56. The summed E-state index contributed by atoms with van der Waals surface area (Å²) in [6.45, 7) is 0.0479. The summed E-state index contributed by atoms with van der Waals surface area (Å²) in [5, 5.41) is 8.43. The largest absolute Gasteiger partial charge is 0.479 e. The van der Waals surface area contributed by atoms with Crippen LogP contribution in [0.1, 0.15) is 19.3 Å². The lowest BCUT2D eigenvalue weighted by Crippen LogP contribution is -2.52. The molecule has 2 aliphatic rings. The van der Waals surface area contributed by atoms with Gasteiger partial charge in [-0.25, -0.2) is 4.98 Å². The minimum absolute atomic E-state index is 0.0479. The number of nitrogens with zero attached hydrogens (tertiary/aromatic N) is 4. The molecule has 3 heterocycles. The Morgan fingerprint density at radius 1 is 1.19 bits per heavy atom. The molecule has 1 N–H and O–H groups in total. The van der Waals surface area contributed by atoms with Crippen molar-refractivity contribution in [3.05, 3.63) is 47.6 Å². The minimum atomic E-state index is -0.518. The Labute approximate surface area is 184 Å². The zero-order chi connectivity index (χ0) is 21.5. The molecule has 3 atom stereocenters. The van der Waals surface area contributed by atoms with Gasteiger partial charge in [0, 0.05) is 6.04 Å². The highest BCUT2D eigenvalue weighted by molar-refractivity contribution is 6.29. The maximum atomic E-state index is 13.4. The standard InChI is InChI=1S/C22H22ClN5O3/c1-31-22-15-5-2-3-6-16(15)27(26-22)12-19(29)28-14-10-9-13(11-14)20(28)21(30)25-18-8-4-7-17(23)24-18/h2-8,13-14,20H,9-12H2,1H3,(H,24,25,30)/t13-,14+,20-/m0/s1. The topological polar surface area (TPSA) is 89.4 Å². The molecule has 8 nitrogen and oxygen atoms in total. The molecule has 1 aliphatic carbocycles. The molecule has 2 aromatic heterocycles. The Kier molecular flexibility index (Phi) is 5.02. The van der Waals surface area contributed by atoms with Gasteiger partial charge < -0.3 is 15.0 Å².